The van der Waals surface area contributed by atoms with Gasteiger partial charge < -0.3 is 15.2 Å². The van der Waals surface area contributed by atoms with Crippen LogP contribution in [0.4, 0.5) is 10.5 Å². The van der Waals surface area contributed by atoms with Gasteiger partial charge in [0, 0.05) is 42.9 Å². The van der Waals surface area contributed by atoms with Gasteiger partial charge in [-0.2, -0.15) is 5.10 Å². The van der Waals surface area contributed by atoms with Crippen molar-refractivity contribution >= 4 is 23.3 Å². The van der Waals surface area contributed by atoms with Crippen LogP contribution in [0, 0.1) is 0 Å². The molecular formula is C16H17ClN6O. The molecule has 124 valence electrons. The molecule has 8 heteroatoms. The van der Waals surface area contributed by atoms with E-state index in [9.17, 15) is 4.79 Å². The number of nitrogens with zero attached hydrogens (tertiary/aromatic N) is 4. The Kier molecular flexibility index (Phi) is 5.12. The molecule has 0 spiro atoms. The second kappa shape index (κ2) is 7.65. The van der Waals surface area contributed by atoms with Crippen LogP contribution in [0.15, 0.2) is 55.4 Å². The van der Waals surface area contributed by atoms with Crippen molar-refractivity contribution in [2.45, 2.75) is 13.0 Å². The molecule has 24 heavy (non-hydrogen) atoms. The van der Waals surface area contributed by atoms with Gasteiger partial charge in [-0.1, -0.05) is 11.6 Å². The van der Waals surface area contributed by atoms with Gasteiger partial charge in [0.2, 0.25) is 0 Å². The standard InChI is InChI=1S/C16H17ClN6O/c17-13-3-4-15(23-9-2-6-20-23)14(11-13)21-16(24)19-5-1-8-22-10-7-18-12-22/h2-4,6-7,9-12H,1,5,8H2,(H2,19,21,24). The van der Waals surface area contributed by atoms with E-state index in [2.05, 4.69) is 20.7 Å². The molecule has 0 aliphatic heterocycles. The summed E-state index contributed by atoms with van der Waals surface area (Å²) in [7, 11) is 0. The van der Waals surface area contributed by atoms with Gasteiger partial charge in [-0.3, -0.25) is 0 Å². The number of imidazole rings is 1. The minimum atomic E-state index is -0.281. The lowest BCUT2D eigenvalue weighted by Gasteiger charge is -2.12. The molecule has 2 aromatic heterocycles. The third kappa shape index (κ3) is 4.14. The first kappa shape index (κ1) is 16.1. The number of amides is 2. The van der Waals surface area contributed by atoms with Gasteiger partial charge in [0.05, 0.1) is 17.7 Å². The Morgan fingerprint density at radius 3 is 2.92 bits per heavy atom. The van der Waals surface area contributed by atoms with E-state index in [-0.39, 0.29) is 6.03 Å². The largest absolute Gasteiger partial charge is 0.338 e. The molecule has 2 heterocycles. The SMILES string of the molecule is O=C(NCCCn1ccnc1)Nc1cc(Cl)ccc1-n1cccn1. The van der Waals surface area contributed by atoms with Gasteiger partial charge in [-0.15, -0.1) is 0 Å². The van der Waals surface area contributed by atoms with Crippen molar-refractivity contribution in [3.05, 3.63) is 60.4 Å². The van der Waals surface area contributed by atoms with Crippen LogP contribution < -0.4 is 10.6 Å². The summed E-state index contributed by atoms with van der Waals surface area (Å²) in [5.74, 6) is 0. The number of nitrogens with one attached hydrogen (secondary N) is 2. The molecule has 1 aromatic carbocycles. The summed E-state index contributed by atoms with van der Waals surface area (Å²) in [4.78, 5) is 16.1. The second-order valence-corrected chi connectivity index (χ2v) is 5.58. The van der Waals surface area contributed by atoms with Crippen molar-refractivity contribution in [1.82, 2.24) is 24.6 Å². The van der Waals surface area contributed by atoms with Crippen LogP contribution in [0.3, 0.4) is 0 Å². The predicted molar refractivity (Wildman–Crippen MR) is 92.4 cm³/mol. The maximum absolute atomic E-state index is 12.1. The van der Waals surface area contributed by atoms with Crippen molar-refractivity contribution in [2.24, 2.45) is 0 Å². The average Bonchev–Trinajstić information content (AvgIpc) is 3.25. The first-order chi connectivity index (χ1) is 11.7. The quantitative estimate of drug-likeness (QED) is 0.675. The number of halogens is 1. The lowest BCUT2D eigenvalue weighted by Crippen LogP contribution is -2.30. The molecule has 0 saturated carbocycles. The van der Waals surface area contributed by atoms with E-state index in [1.807, 2.05) is 22.9 Å². The number of aromatic nitrogens is 4. The van der Waals surface area contributed by atoms with Crippen LogP contribution in [0.1, 0.15) is 6.42 Å². The monoisotopic (exact) mass is 344 g/mol. The zero-order valence-electron chi connectivity index (χ0n) is 12.9. The van der Waals surface area contributed by atoms with E-state index < -0.39 is 0 Å². The fourth-order valence-electron chi connectivity index (χ4n) is 2.27. The maximum atomic E-state index is 12.1. The van der Waals surface area contributed by atoms with Gasteiger partial charge in [-0.05, 0) is 30.7 Å². The fourth-order valence-corrected chi connectivity index (χ4v) is 2.44. The Labute approximate surface area is 144 Å². The Morgan fingerprint density at radius 2 is 2.17 bits per heavy atom. The minimum Gasteiger partial charge on any atom is -0.338 e. The van der Waals surface area contributed by atoms with Crippen LogP contribution in [0.2, 0.25) is 5.02 Å². The summed E-state index contributed by atoms with van der Waals surface area (Å²) >= 11 is 6.04. The molecule has 0 saturated heterocycles. The smallest absolute Gasteiger partial charge is 0.319 e. The number of hydrogen-bond donors (Lipinski definition) is 2. The molecular weight excluding hydrogens is 328 g/mol. The van der Waals surface area contributed by atoms with E-state index in [1.165, 1.54) is 0 Å². The summed E-state index contributed by atoms with van der Waals surface area (Å²) in [5.41, 5.74) is 1.34. The number of carbonyl (C=O) groups is 1. The van der Waals surface area contributed by atoms with Crippen LogP contribution in [-0.2, 0) is 6.54 Å². The summed E-state index contributed by atoms with van der Waals surface area (Å²) in [6.45, 7) is 1.36. The molecule has 0 radical (unpaired) electrons. The summed E-state index contributed by atoms with van der Waals surface area (Å²) in [5, 5.41) is 10.4. The highest BCUT2D eigenvalue weighted by Crippen LogP contribution is 2.24. The number of anilines is 1. The molecule has 2 N–H and O–H groups in total. The van der Waals surface area contributed by atoms with Crippen molar-refractivity contribution < 1.29 is 4.79 Å². The molecule has 0 fully saturated rings. The Bertz CT molecular complexity index is 785. The van der Waals surface area contributed by atoms with E-state index in [1.54, 1.807) is 41.7 Å². The molecule has 2 amide bonds. The van der Waals surface area contributed by atoms with Gasteiger partial charge in [-0.25, -0.2) is 14.5 Å². The third-order valence-corrected chi connectivity index (χ3v) is 3.63. The van der Waals surface area contributed by atoms with Crippen molar-refractivity contribution in [3.63, 3.8) is 0 Å². The number of rotatable bonds is 6. The van der Waals surface area contributed by atoms with Gasteiger partial charge in [0.1, 0.15) is 0 Å². The first-order valence-electron chi connectivity index (χ1n) is 7.52. The third-order valence-electron chi connectivity index (χ3n) is 3.40. The van der Waals surface area contributed by atoms with E-state index >= 15 is 0 Å². The molecule has 0 bridgehead atoms. The molecule has 0 aliphatic carbocycles. The molecule has 0 unspecified atom stereocenters. The minimum absolute atomic E-state index is 0.281. The Hall–Kier alpha value is -2.80. The number of hydrogen-bond acceptors (Lipinski definition) is 3. The van der Waals surface area contributed by atoms with Gasteiger partial charge in [0.25, 0.3) is 0 Å². The maximum Gasteiger partial charge on any atom is 0.319 e. The summed E-state index contributed by atoms with van der Waals surface area (Å²) in [6, 6.07) is 6.80. The highest BCUT2D eigenvalue weighted by molar-refractivity contribution is 6.31. The fraction of sp³-hybridized carbons (Fsp3) is 0.188. The number of aryl methyl sites for hydroxylation is 1. The number of benzene rings is 1. The number of carbonyl (C=O) groups excluding carboxylic acids is 1. The lowest BCUT2D eigenvalue weighted by atomic mass is 10.2. The first-order valence-corrected chi connectivity index (χ1v) is 7.90. The average molecular weight is 345 g/mol. The zero-order chi connectivity index (χ0) is 16.8. The van der Waals surface area contributed by atoms with Crippen LogP contribution in [0.25, 0.3) is 5.69 Å². The predicted octanol–water partition coefficient (Wildman–Crippen LogP) is 2.93. The van der Waals surface area contributed by atoms with E-state index in [0.717, 1.165) is 18.7 Å². The highest BCUT2D eigenvalue weighted by Gasteiger charge is 2.09. The molecule has 3 rings (SSSR count). The molecule has 3 aromatic rings. The van der Waals surface area contributed by atoms with Crippen molar-refractivity contribution in [1.29, 1.82) is 0 Å². The Balaban J connectivity index is 1.57. The van der Waals surface area contributed by atoms with Gasteiger partial charge >= 0.3 is 6.03 Å². The normalized spacial score (nSPS) is 10.5. The topological polar surface area (TPSA) is 76.8 Å². The highest BCUT2D eigenvalue weighted by atomic mass is 35.5. The van der Waals surface area contributed by atoms with Crippen LogP contribution >= 0.6 is 11.6 Å². The molecule has 7 nitrogen and oxygen atoms in total. The summed E-state index contributed by atoms with van der Waals surface area (Å²) in [6.07, 6.45) is 9.66. The number of urea groups is 1. The van der Waals surface area contributed by atoms with Crippen molar-refractivity contribution in [2.75, 3.05) is 11.9 Å². The zero-order valence-corrected chi connectivity index (χ0v) is 13.6. The lowest BCUT2D eigenvalue weighted by molar-refractivity contribution is 0.252. The van der Waals surface area contributed by atoms with Crippen LogP contribution in [0.5, 0.6) is 0 Å². The summed E-state index contributed by atoms with van der Waals surface area (Å²) < 4.78 is 3.64. The van der Waals surface area contributed by atoms with Gasteiger partial charge in [0.15, 0.2) is 0 Å². The van der Waals surface area contributed by atoms with E-state index in [4.69, 9.17) is 11.6 Å². The molecule has 0 atom stereocenters. The van der Waals surface area contributed by atoms with E-state index in [0.29, 0.717) is 17.3 Å². The van der Waals surface area contributed by atoms with Crippen LogP contribution in [-0.4, -0.2) is 31.9 Å². The second-order valence-electron chi connectivity index (χ2n) is 5.15. The molecule has 0 aliphatic rings. The van der Waals surface area contributed by atoms with Crippen molar-refractivity contribution in [3.8, 4) is 5.69 Å². The Morgan fingerprint density at radius 1 is 1.25 bits per heavy atom.